The van der Waals surface area contributed by atoms with Gasteiger partial charge in [0.25, 0.3) is 0 Å². The van der Waals surface area contributed by atoms with Gasteiger partial charge in [-0.3, -0.25) is 4.98 Å². The first kappa shape index (κ1) is 18.7. The Balaban J connectivity index is 1.60. The monoisotopic (exact) mass is 399 g/mol. The van der Waals surface area contributed by atoms with Gasteiger partial charge in [0, 0.05) is 17.3 Å². The molecular formula is C24H25N5O. The molecule has 3 heterocycles. The second-order valence-electron chi connectivity index (χ2n) is 8.35. The average Bonchev–Trinajstić information content (AvgIpc) is 3.40. The molecule has 0 aliphatic heterocycles. The molecule has 0 saturated heterocycles. The number of aryl methyl sites for hydroxylation is 1. The number of rotatable bonds is 5. The second kappa shape index (κ2) is 7.52. The zero-order valence-electron chi connectivity index (χ0n) is 17.4. The minimum atomic E-state index is 0.0438. The Kier molecular flexibility index (Phi) is 4.69. The van der Waals surface area contributed by atoms with Crippen LogP contribution in [0.5, 0.6) is 5.88 Å². The molecule has 3 aromatic heterocycles. The molecule has 4 aromatic rings. The van der Waals surface area contributed by atoms with Gasteiger partial charge in [-0.2, -0.15) is 4.52 Å². The molecule has 0 amide bonds. The molecular weight excluding hydrogens is 374 g/mol. The van der Waals surface area contributed by atoms with Gasteiger partial charge in [0.1, 0.15) is 6.61 Å². The summed E-state index contributed by atoms with van der Waals surface area (Å²) < 4.78 is 8.09. The van der Waals surface area contributed by atoms with Crippen molar-refractivity contribution in [2.45, 2.75) is 51.6 Å². The summed E-state index contributed by atoms with van der Waals surface area (Å²) in [4.78, 5) is 4.47. The van der Waals surface area contributed by atoms with Gasteiger partial charge in [0.2, 0.25) is 5.88 Å². The van der Waals surface area contributed by atoms with E-state index < -0.39 is 0 Å². The Hall–Kier alpha value is -3.28. The molecule has 1 saturated carbocycles. The quantitative estimate of drug-likeness (QED) is 0.477. The Morgan fingerprint density at radius 3 is 2.60 bits per heavy atom. The summed E-state index contributed by atoms with van der Waals surface area (Å²) in [6.45, 7) is 4.74. The average molecular weight is 399 g/mol. The first-order valence-corrected chi connectivity index (χ1v) is 10.5. The van der Waals surface area contributed by atoms with E-state index in [0.717, 1.165) is 40.9 Å². The normalized spacial score (nSPS) is 15.5. The van der Waals surface area contributed by atoms with E-state index in [1.807, 2.05) is 36.4 Å². The third-order valence-corrected chi connectivity index (χ3v) is 6.21. The standard InChI is InChI=1S/C24H25N5O/c1-17-9-8-14-25-20(17)16-30-23-19(24(2)12-6-7-13-24)15-21-26-27-22(29(21)28-23)18-10-4-3-5-11-18/h3-5,8-11,14-15H,6-7,12-13,16H2,1-2H3. The Labute approximate surface area is 176 Å². The highest BCUT2D eigenvalue weighted by molar-refractivity contribution is 5.59. The van der Waals surface area contributed by atoms with Gasteiger partial charge >= 0.3 is 0 Å². The van der Waals surface area contributed by atoms with E-state index in [1.54, 1.807) is 10.7 Å². The van der Waals surface area contributed by atoms with Crippen molar-refractivity contribution < 1.29 is 4.74 Å². The second-order valence-corrected chi connectivity index (χ2v) is 8.35. The van der Waals surface area contributed by atoms with Crippen LogP contribution in [-0.2, 0) is 12.0 Å². The van der Waals surface area contributed by atoms with E-state index in [2.05, 4.69) is 41.2 Å². The van der Waals surface area contributed by atoms with Crippen molar-refractivity contribution in [2.75, 3.05) is 0 Å². The number of aromatic nitrogens is 5. The fourth-order valence-corrected chi connectivity index (χ4v) is 4.35. The van der Waals surface area contributed by atoms with Crippen LogP contribution in [0.2, 0.25) is 0 Å². The molecule has 5 rings (SSSR count). The van der Waals surface area contributed by atoms with E-state index in [4.69, 9.17) is 9.84 Å². The third-order valence-electron chi connectivity index (χ3n) is 6.21. The zero-order valence-corrected chi connectivity index (χ0v) is 17.4. The van der Waals surface area contributed by atoms with E-state index >= 15 is 0 Å². The highest BCUT2D eigenvalue weighted by Gasteiger charge is 2.35. The molecule has 0 N–H and O–H groups in total. The third kappa shape index (κ3) is 3.32. The lowest BCUT2D eigenvalue weighted by Crippen LogP contribution is -2.20. The molecule has 0 spiro atoms. The molecule has 0 atom stereocenters. The van der Waals surface area contributed by atoms with Crippen LogP contribution < -0.4 is 4.74 Å². The van der Waals surface area contributed by atoms with Crippen LogP contribution in [0.3, 0.4) is 0 Å². The van der Waals surface area contributed by atoms with E-state index in [9.17, 15) is 0 Å². The van der Waals surface area contributed by atoms with E-state index in [1.165, 1.54) is 12.8 Å². The molecule has 0 radical (unpaired) electrons. The van der Waals surface area contributed by atoms with Crippen LogP contribution in [0.15, 0.2) is 54.7 Å². The lowest BCUT2D eigenvalue weighted by Gasteiger charge is -2.26. The van der Waals surface area contributed by atoms with Crippen molar-refractivity contribution in [1.29, 1.82) is 0 Å². The Morgan fingerprint density at radius 1 is 1.03 bits per heavy atom. The smallest absolute Gasteiger partial charge is 0.236 e. The first-order chi connectivity index (χ1) is 14.6. The number of fused-ring (bicyclic) bond motifs is 1. The summed E-state index contributed by atoms with van der Waals surface area (Å²) in [5, 5.41) is 13.7. The molecule has 1 fully saturated rings. The van der Waals surface area contributed by atoms with Gasteiger partial charge < -0.3 is 4.74 Å². The maximum Gasteiger partial charge on any atom is 0.236 e. The molecule has 1 aliphatic rings. The highest BCUT2D eigenvalue weighted by Crippen LogP contribution is 2.44. The predicted octanol–water partition coefficient (Wildman–Crippen LogP) is 4.91. The molecule has 1 aliphatic carbocycles. The maximum atomic E-state index is 6.30. The minimum Gasteiger partial charge on any atom is -0.470 e. The molecule has 152 valence electrons. The summed E-state index contributed by atoms with van der Waals surface area (Å²) in [6.07, 6.45) is 6.51. The largest absolute Gasteiger partial charge is 0.470 e. The lowest BCUT2D eigenvalue weighted by atomic mass is 9.81. The maximum absolute atomic E-state index is 6.30. The Bertz CT molecular complexity index is 1180. The van der Waals surface area contributed by atoms with Crippen molar-refractivity contribution in [3.8, 4) is 17.3 Å². The lowest BCUT2D eigenvalue weighted by molar-refractivity contribution is 0.272. The van der Waals surface area contributed by atoms with Crippen molar-refractivity contribution >= 4 is 5.65 Å². The van der Waals surface area contributed by atoms with Crippen LogP contribution in [0.1, 0.15) is 49.4 Å². The number of hydrogen-bond acceptors (Lipinski definition) is 5. The van der Waals surface area contributed by atoms with E-state index in [0.29, 0.717) is 18.3 Å². The fourth-order valence-electron chi connectivity index (χ4n) is 4.35. The first-order valence-electron chi connectivity index (χ1n) is 10.5. The van der Waals surface area contributed by atoms with Gasteiger partial charge in [-0.05, 0) is 42.9 Å². The van der Waals surface area contributed by atoms with Gasteiger partial charge in [0.05, 0.1) is 5.69 Å². The minimum absolute atomic E-state index is 0.0438. The van der Waals surface area contributed by atoms with Gasteiger partial charge in [-0.1, -0.05) is 56.2 Å². The predicted molar refractivity (Wildman–Crippen MR) is 115 cm³/mol. The van der Waals surface area contributed by atoms with Gasteiger partial charge in [-0.15, -0.1) is 15.3 Å². The number of hydrogen-bond donors (Lipinski definition) is 0. The van der Waals surface area contributed by atoms with E-state index in [-0.39, 0.29) is 5.41 Å². The van der Waals surface area contributed by atoms with Crippen molar-refractivity contribution in [3.05, 3.63) is 71.5 Å². The van der Waals surface area contributed by atoms with Crippen molar-refractivity contribution in [1.82, 2.24) is 24.8 Å². The van der Waals surface area contributed by atoms with Crippen LogP contribution >= 0.6 is 0 Å². The Morgan fingerprint density at radius 2 is 1.83 bits per heavy atom. The van der Waals surface area contributed by atoms with Gasteiger partial charge in [0.15, 0.2) is 11.5 Å². The van der Waals surface area contributed by atoms with Crippen LogP contribution in [0.25, 0.3) is 17.0 Å². The number of ether oxygens (including phenoxy) is 1. The summed E-state index contributed by atoms with van der Waals surface area (Å²) in [5.74, 6) is 1.36. The number of pyridine rings is 1. The van der Waals surface area contributed by atoms with Crippen molar-refractivity contribution in [3.63, 3.8) is 0 Å². The van der Waals surface area contributed by atoms with Crippen molar-refractivity contribution in [2.24, 2.45) is 0 Å². The summed E-state index contributed by atoms with van der Waals surface area (Å²) in [6, 6.07) is 16.1. The number of nitrogens with zero attached hydrogens (tertiary/aromatic N) is 5. The summed E-state index contributed by atoms with van der Waals surface area (Å²) in [5.41, 5.74) is 4.92. The summed E-state index contributed by atoms with van der Waals surface area (Å²) in [7, 11) is 0. The summed E-state index contributed by atoms with van der Waals surface area (Å²) >= 11 is 0. The van der Waals surface area contributed by atoms with Crippen LogP contribution in [-0.4, -0.2) is 24.8 Å². The number of benzene rings is 1. The molecule has 0 unspecified atom stereocenters. The van der Waals surface area contributed by atoms with Crippen LogP contribution in [0.4, 0.5) is 0 Å². The van der Waals surface area contributed by atoms with Crippen LogP contribution in [0, 0.1) is 6.92 Å². The van der Waals surface area contributed by atoms with Gasteiger partial charge in [-0.25, -0.2) is 0 Å². The molecule has 6 heteroatoms. The molecule has 6 nitrogen and oxygen atoms in total. The zero-order chi connectivity index (χ0) is 20.6. The highest BCUT2D eigenvalue weighted by atomic mass is 16.5. The topological polar surface area (TPSA) is 65.2 Å². The molecule has 0 bridgehead atoms. The SMILES string of the molecule is Cc1cccnc1COc1nn2c(-c3ccccc3)nnc2cc1C1(C)CCCC1. The fraction of sp³-hybridized carbons (Fsp3) is 0.333. The molecule has 1 aromatic carbocycles. The molecule has 30 heavy (non-hydrogen) atoms.